The lowest BCUT2D eigenvalue weighted by atomic mass is 10.0. The van der Waals surface area contributed by atoms with Crippen molar-refractivity contribution in [1.82, 2.24) is 20.5 Å². The van der Waals surface area contributed by atoms with E-state index < -0.39 is 0 Å². The predicted octanol–water partition coefficient (Wildman–Crippen LogP) is 2.49. The fraction of sp³-hybridized carbons (Fsp3) is 0.647. The lowest BCUT2D eigenvalue weighted by Crippen LogP contribution is -2.48. The number of aromatic nitrogens is 1. The molecule has 1 aliphatic heterocycles. The molecule has 1 saturated heterocycles. The van der Waals surface area contributed by atoms with E-state index >= 15 is 0 Å². The molecule has 0 aromatic carbocycles. The van der Waals surface area contributed by atoms with Gasteiger partial charge in [-0.3, -0.25) is 14.9 Å². The SMILES string of the molecule is CN=C(NCc1ccccn1)NCC(C(C)C)N1CCCC1.I. The maximum Gasteiger partial charge on any atom is 0.191 e. The number of pyridine rings is 1. The first kappa shape index (κ1) is 20.2. The zero-order chi connectivity index (χ0) is 15.8. The number of rotatable bonds is 6. The number of likely N-dealkylation sites (tertiary alicyclic amines) is 1. The van der Waals surface area contributed by atoms with Crippen molar-refractivity contribution in [3.05, 3.63) is 30.1 Å². The molecule has 0 saturated carbocycles. The van der Waals surface area contributed by atoms with E-state index in [0.717, 1.165) is 18.2 Å². The van der Waals surface area contributed by atoms with E-state index in [-0.39, 0.29) is 24.0 Å². The minimum absolute atomic E-state index is 0. The molecule has 0 amide bonds. The van der Waals surface area contributed by atoms with E-state index in [0.29, 0.717) is 18.5 Å². The first-order valence-corrected chi connectivity index (χ1v) is 8.29. The Bertz CT molecular complexity index is 457. The van der Waals surface area contributed by atoms with Gasteiger partial charge in [0, 0.05) is 25.8 Å². The van der Waals surface area contributed by atoms with Gasteiger partial charge in [-0.05, 0) is 44.0 Å². The maximum absolute atomic E-state index is 4.32. The van der Waals surface area contributed by atoms with Gasteiger partial charge in [0.05, 0.1) is 12.2 Å². The second kappa shape index (κ2) is 10.8. The van der Waals surface area contributed by atoms with E-state index in [1.54, 1.807) is 0 Å². The summed E-state index contributed by atoms with van der Waals surface area (Å²) in [6, 6.07) is 6.51. The van der Waals surface area contributed by atoms with Crippen molar-refractivity contribution < 1.29 is 0 Å². The van der Waals surface area contributed by atoms with Crippen molar-refractivity contribution in [2.24, 2.45) is 10.9 Å². The maximum atomic E-state index is 4.32. The van der Waals surface area contributed by atoms with Crippen LogP contribution in [0.1, 0.15) is 32.4 Å². The molecule has 1 aromatic heterocycles. The first-order valence-electron chi connectivity index (χ1n) is 8.29. The Labute approximate surface area is 157 Å². The third kappa shape index (κ3) is 6.63. The monoisotopic (exact) mass is 431 g/mol. The summed E-state index contributed by atoms with van der Waals surface area (Å²) in [5.74, 6) is 1.48. The smallest absolute Gasteiger partial charge is 0.191 e. The standard InChI is InChI=1S/C17H29N5.HI/c1-14(2)16(22-10-6-7-11-22)13-21-17(18-3)20-12-15-8-4-5-9-19-15;/h4-5,8-9,14,16H,6-7,10-13H2,1-3H3,(H2,18,20,21);1H. The van der Waals surface area contributed by atoms with E-state index in [1.807, 2.05) is 31.4 Å². The number of halogens is 1. The van der Waals surface area contributed by atoms with Crippen LogP contribution in [-0.2, 0) is 6.54 Å². The van der Waals surface area contributed by atoms with Crippen molar-refractivity contribution in [3.63, 3.8) is 0 Å². The molecule has 130 valence electrons. The Morgan fingerprint density at radius 2 is 2.00 bits per heavy atom. The highest BCUT2D eigenvalue weighted by atomic mass is 127. The van der Waals surface area contributed by atoms with Crippen LogP contribution in [0.4, 0.5) is 0 Å². The molecule has 23 heavy (non-hydrogen) atoms. The second-order valence-corrected chi connectivity index (χ2v) is 6.18. The molecule has 1 atom stereocenters. The second-order valence-electron chi connectivity index (χ2n) is 6.18. The molecule has 1 aliphatic rings. The summed E-state index contributed by atoms with van der Waals surface area (Å²) < 4.78 is 0. The van der Waals surface area contributed by atoms with Crippen LogP contribution in [0.2, 0.25) is 0 Å². The predicted molar refractivity (Wildman–Crippen MR) is 107 cm³/mol. The van der Waals surface area contributed by atoms with Gasteiger partial charge in [-0.25, -0.2) is 0 Å². The molecule has 2 heterocycles. The van der Waals surface area contributed by atoms with Crippen LogP contribution < -0.4 is 10.6 Å². The normalized spacial score (nSPS) is 17.0. The van der Waals surface area contributed by atoms with Gasteiger partial charge >= 0.3 is 0 Å². The molecule has 2 N–H and O–H groups in total. The molecule has 1 aromatic rings. The summed E-state index contributed by atoms with van der Waals surface area (Å²) in [5, 5.41) is 6.80. The fourth-order valence-corrected chi connectivity index (χ4v) is 2.96. The molecule has 1 unspecified atom stereocenters. The van der Waals surface area contributed by atoms with Gasteiger partial charge in [0.1, 0.15) is 0 Å². The van der Waals surface area contributed by atoms with Crippen molar-refractivity contribution >= 4 is 29.9 Å². The lowest BCUT2D eigenvalue weighted by Gasteiger charge is -2.31. The average molecular weight is 431 g/mol. The molecular weight excluding hydrogens is 401 g/mol. The van der Waals surface area contributed by atoms with Crippen LogP contribution in [0, 0.1) is 5.92 Å². The fourth-order valence-electron chi connectivity index (χ4n) is 2.96. The van der Waals surface area contributed by atoms with Crippen LogP contribution in [0.25, 0.3) is 0 Å². The zero-order valence-corrected chi connectivity index (χ0v) is 16.8. The van der Waals surface area contributed by atoms with Gasteiger partial charge in [-0.1, -0.05) is 19.9 Å². The summed E-state index contributed by atoms with van der Waals surface area (Å²) >= 11 is 0. The molecule has 0 spiro atoms. The summed E-state index contributed by atoms with van der Waals surface area (Å²) in [6.45, 7) is 8.68. The molecule has 5 nitrogen and oxygen atoms in total. The van der Waals surface area contributed by atoms with Crippen molar-refractivity contribution in [3.8, 4) is 0 Å². The number of nitrogens with zero attached hydrogens (tertiary/aromatic N) is 3. The Hall–Kier alpha value is -0.890. The molecule has 2 rings (SSSR count). The zero-order valence-electron chi connectivity index (χ0n) is 14.5. The van der Waals surface area contributed by atoms with Crippen molar-refractivity contribution in [2.45, 2.75) is 39.3 Å². The number of aliphatic imine (C=N–C) groups is 1. The lowest BCUT2D eigenvalue weighted by molar-refractivity contribution is 0.192. The Kier molecular flexibility index (Phi) is 9.47. The topological polar surface area (TPSA) is 52.6 Å². The highest BCUT2D eigenvalue weighted by Gasteiger charge is 2.24. The summed E-state index contributed by atoms with van der Waals surface area (Å²) in [6.07, 6.45) is 4.47. The van der Waals surface area contributed by atoms with E-state index in [4.69, 9.17) is 0 Å². The molecule has 1 fully saturated rings. The van der Waals surface area contributed by atoms with Gasteiger partial charge in [-0.2, -0.15) is 0 Å². The van der Waals surface area contributed by atoms with Crippen LogP contribution in [0.5, 0.6) is 0 Å². The van der Waals surface area contributed by atoms with Gasteiger partial charge in [-0.15, -0.1) is 24.0 Å². The largest absolute Gasteiger partial charge is 0.355 e. The first-order chi connectivity index (χ1) is 10.7. The summed E-state index contributed by atoms with van der Waals surface area (Å²) in [4.78, 5) is 11.2. The van der Waals surface area contributed by atoms with Crippen LogP contribution in [0.3, 0.4) is 0 Å². The number of hydrogen-bond acceptors (Lipinski definition) is 3. The van der Waals surface area contributed by atoms with Crippen molar-refractivity contribution in [1.29, 1.82) is 0 Å². The Morgan fingerprint density at radius 3 is 2.57 bits per heavy atom. The Morgan fingerprint density at radius 1 is 1.26 bits per heavy atom. The number of hydrogen-bond donors (Lipinski definition) is 2. The third-order valence-corrected chi connectivity index (χ3v) is 4.24. The summed E-state index contributed by atoms with van der Waals surface area (Å²) in [7, 11) is 1.81. The molecular formula is C17H30IN5. The molecule has 0 radical (unpaired) electrons. The van der Waals surface area contributed by atoms with Gasteiger partial charge in [0.15, 0.2) is 5.96 Å². The van der Waals surface area contributed by atoms with E-state index in [2.05, 4.69) is 39.4 Å². The van der Waals surface area contributed by atoms with E-state index in [9.17, 15) is 0 Å². The van der Waals surface area contributed by atoms with Gasteiger partial charge in [0.2, 0.25) is 0 Å². The number of guanidine groups is 1. The summed E-state index contributed by atoms with van der Waals surface area (Å²) in [5.41, 5.74) is 1.02. The highest BCUT2D eigenvalue weighted by Crippen LogP contribution is 2.17. The Balaban J connectivity index is 0.00000264. The van der Waals surface area contributed by atoms with E-state index in [1.165, 1.54) is 25.9 Å². The average Bonchev–Trinajstić information content (AvgIpc) is 3.05. The quantitative estimate of drug-likeness (QED) is 0.413. The highest BCUT2D eigenvalue weighted by molar-refractivity contribution is 14.0. The van der Waals surface area contributed by atoms with Crippen LogP contribution in [-0.4, -0.2) is 48.6 Å². The molecule has 0 aliphatic carbocycles. The molecule has 6 heteroatoms. The van der Waals surface area contributed by atoms with Crippen LogP contribution in [0.15, 0.2) is 29.4 Å². The molecule has 0 bridgehead atoms. The van der Waals surface area contributed by atoms with Gasteiger partial charge in [0.25, 0.3) is 0 Å². The third-order valence-electron chi connectivity index (χ3n) is 4.24. The minimum Gasteiger partial charge on any atom is -0.355 e. The van der Waals surface area contributed by atoms with Crippen molar-refractivity contribution in [2.75, 3.05) is 26.7 Å². The number of nitrogens with one attached hydrogen (secondary N) is 2. The minimum atomic E-state index is 0. The van der Waals surface area contributed by atoms with Crippen LogP contribution >= 0.6 is 24.0 Å². The van der Waals surface area contributed by atoms with Gasteiger partial charge < -0.3 is 10.6 Å².